The number of aryl methyl sites for hydroxylation is 2. The summed E-state index contributed by atoms with van der Waals surface area (Å²) in [6.45, 7) is 2.54. The molecule has 1 rings (SSSR count). The number of amides is 1. The summed E-state index contributed by atoms with van der Waals surface area (Å²) in [4.78, 5) is 11.8. The van der Waals surface area contributed by atoms with Crippen LogP contribution in [0.5, 0.6) is 0 Å². The predicted molar refractivity (Wildman–Crippen MR) is 60.1 cm³/mol. The highest BCUT2D eigenvalue weighted by Gasteiger charge is 2.16. The Morgan fingerprint density at radius 1 is 1.75 bits per heavy atom. The van der Waals surface area contributed by atoms with Crippen molar-refractivity contribution in [3.05, 3.63) is 17.5 Å². The third-order valence-corrected chi connectivity index (χ3v) is 2.25. The van der Waals surface area contributed by atoms with E-state index in [4.69, 9.17) is 10.5 Å². The van der Waals surface area contributed by atoms with Gasteiger partial charge in [-0.05, 0) is 6.92 Å². The molecule has 1 aromatic rings. The second kappa shape index (κ2) is 5.62. The topological polar surface area (TPSA) is 82.2 Å². The van der Waals surface area contributed by atoms with E-state index in [1.165, 1.54) is 0 Å². The number of nitrogens with two attached hydrogens (primary N) is 1. The zero-order valence-electron chi connectivity index (χ0n) is 9.86. The van der Waals surface area contributed by atoms with Gasteiger partial charge in [0.05, 0.1) is 23.9 Å². The highest BCUT2D eigenvalue weighted by Crippen LogP contribution is 2.04. The van der Waals surface area contributed by atoms with E-state index in [0.29, 0.717) is 24.4 Å². The maximum atomic E-state index is 11.8. The zero-order chi connectivity index (χ0) is 12.1. The highest BCUT2D eigenvalue weighted by molar-refractivity contribution is 5.95. The molecule has 1 aromatic heterocycles. The van der Waals surface area contributed by atoms with Crippen LogP contribution < -0.4 is 11.1 Å². The van der Waals surface area contributed by atoms with Crippen LogP contribution in [0.15, 0.2) is 6.20 Å². The van der Waals surface area contributed by atoms with Crippen molar-refractivity contribution in [3.63, 3.8) is 0 Å². The number of carbonyl (C=O) groups excluding carboxylic acids is 1. The number of hydrogen-bond acceptors (Lipinski definition) is 4. The largest absolute Gasteiger partial charge is 0.383 e. The molecule has 0 radical (unpaired) electrons. The first kappa shape index (κ1) is 12.7. The van der Waals surface area contributed by atoms with Crippen LogP contribution in [0.25, 0.3) is 0 Å². The summed E-state index contributed by atoms with van der Waals surface area (Å²) in [5.74, 6) is -0.168. The lowest BCUT2D eigenvalue weighted by Gasteiger charge is -2.15. The summed E-state index contributed by atoms with van der Waals surface area (Å²) in [5.41, 5.74) is 6.78. The van der Waals surface area contributed by atoms with Gasteiger partial charge in [0.1, 0.15) is 0 Å². The van der Waals surface area contributed by atoms with Gasteiger partial charge in [-0.1, -0.05) is 0 Å². The Labute approximate surface area is 94.8 Å². The standard InChI is InChI=1S/C10H18N4O2/c1-7-9(5-14(2)13-7)10(15)12-8(4-11)6-16-3/h5,8H,4,6,11H2,1-3H3,(H,12,15). The minimum Gasteiger partial charge on any atom is -0.383 e. The van der Waals surface area contributed by atoms with Crippen molar-refractivity contribution in [2.75, 3.05) is 20.3 Å². The number of ether oxygens (including phenoxy) is 1. The smallest absolute Gasteiger partial charge is 0.255 e. The van der Waals surface area contributed by atoms with Crippen molar-refractivity contribution >= 4 is 5.91 Å². The van der Waals surface area contributed by atoms with Gasteiger partial charge in [0, 0.05) is 26.9 Å². The van der Waals surface area contributed by atoms with E-state index in [0.717, 1.165) is 0 Å². The fraction of sp³-hybridized carbons (Fsp3) is 0.600. The fourth-order valence-electron chi connectivity index (χ4n) is 1.46. The van der Waals surface area contributed by atoms with E-state index in [1.54, 1.807) is 32.0 Å². The van der Waals surface area contributed by atoms with Crippen LogP contribution in [0.4, 0.5) is 0 Å². The van der Waals surface area contributed by atoms with Gasteiger partial charge in [0.15, 0.2) is 0 Å². The summed E-state index contributed by atoms with van der Waals surface area (Å²) < 4.78 is 6.56. The number of nitrogens with zero attached hydrogens (tertiary/aromatic N) is 2. The molecule has 3 N–H and O–H groups in total. The van der Waals surface area contributed by atoms with Crippen LogP contribution in [0.3, 0.4) is 0 Å². The van der Waals surface area contributed by atoms with Crippen LogP contribution in [0.2, 0.25) is 0 Å². The number of carbonyl (C=O) groups is 1. The molecule has 0 aliphatic rings. The van der Waals surface area contributed by atoms with Crippen LogP contribution >= 0.6 is 0 Å². The molecular weight excluding hydrogens is 208 g/mol. The molecule has 0 saturated heterocycles. The van der Waals surface area contributed by atoms with E-state index in [9.17, 15) is 4.79 Å². The molecule has 90 valence electrons. The maximum absolute atomic E-state index is 11.8. The summed E-state index contributed by atoms with van der Waals surface area (Å²) >= 11 is 0. The van der Waals surface area contributed by atoms with Gasteiger partial charge < -0.3 is 15.8 Å². The predicted octanol–water partition coefficient (Wildman–Crippen LogP) is -0.568. The molecule has 0 spiro atoms. The fourth-order valence-corrected chi connectivity index (χ4v) is 1.46. The first-order valence-corrected chi connectivity index (χ1v) is 5.08. The minimum absolute atomic E-state index is 0.168. The van der Waals surface area contributed by atoms with E-state index >= 15 is 0 Å². The summed E-state index contributed by atoms with van der Waals surface area (Å²) in [6.07, 6.45) is 1.69. The molecule has 0 aliphatic carbocycles. The third kappa shape index (κ3) is 3.04. The number of methoxy groups -OCH3 is 1. The molecule has 0 aromatic carbocycles. The molecule has 1 atom stereocenters. The number of nitrogens with one attached hydrogen (secondary N) is 1. The lowest BCUT2D eigenvalue weighted by atomic mass is 10.2. The third-order valence-electron chi connectivity index (χ3n) is 2.25. The number of hydrogen-bond donors (Lipinski definition) is 2. The summed E-state index contributed by atoms with van der Waals surface area (Å²) in [6, 6.07) is -0.169. The first-order valence-electron chi connectivity index (χ1n) is 5.08. The number of aromatic nitrogens is 2. The summed E-state index contributed by atoms with van der Waals surface area (Å²) in [5, 5.41) is 6.90. The first-order chi connectivity index (χ1) is 7.58. The Bertz CT molecular complexity index is 362. The maximum Gasteiger partial charge on any atom is 0.255 e. The normalized spacial score (nSPS) is 12.5. The lowest BCUT2D eigenvalue weighted by molar-refractivity contribution is 0.0900. The average Bonchev–Trinajstić information content (AvgIpc) is 2.57. The average molecular weight is 226 g/mol. The molecule has 1 amide bonds. The molecule has 6 heteroatoms. The second-order valence-corrected chi connectivity index (χ2v) is 3.66. The van der Waals surface area contributed by atoms with E-state index in [2.05, 4.69) is 10.4 Å². The van der Waals surface area contributed by atoms with Gasteiger partial charge >= 0.3 is 0 Å². The molecule has 0 fully saturated rings. The van der Waals surface area contributed by atoms with Crippen LogP contribution in [-0.2, 0) is 11.8 Å². The summed E-state index contributed by atoms with van der Waals surface area (Å²) in [7, 11) is 3.35. The van der Waals surface area contributed by atoms with Gasteiger partial charge in [-0.25, -0.2) is 0 Å². The van der Waals surface area contributed by atoms with Crippen molar-refractivity contribution in [2.24, 2.45) is 12.8 Å². The Morgan fingerprint density at radius 2 is 2.44 bits per heavy atom. The molecule has 1 heterocycles. The molecule has 6 nitrogen and oxygen atoms in total. The van der Waals surface area contributed by atoms with Gasteiger partial charge in [-0.15, -0.1) is 0 Å². The van der Waals surface area contributed by atoms with Gasteiger partial charge in [-0.3, -0.25) is 9.48 Å². The van der Waals surface area contributed by atoms with E-state index < -0.39 is 0 Å². The quantitative estimate of drug-likeness (QED) is 0.704. The van der Waals surface area contributed by atoms with E-state index in [1.807, 2.05) is 0 Å². The SMILES string of the molecule is COCC(CN)NC(=O)c1cn(C)nc1C. The Balaban J connectivity index is 2.67. The van der Waals surface area contributed by atoms with Gasteiger partial charge in [0.2, 0.25) is 0 Å². The number of rotatable bonds is 5. The van der Waals surface area contributed by atoms with Gasteiger partial charge in [-0.2, -0.15) is 5.10 Å². The highest BCUT2D eigenvalue weighted by atomic mass is 16.5. The molecular formula is C10H18N4O2. The molecule has 1 unspecified atom stereocenters. The van der Waals surface area contributed by atoms with Crippen LogP contribution in [-0.4, -0.2) is 42.0 Å². The molecule has 0 saturated carbocycles. The van der Waals surface area contributed by atoms with Gasteiger partial charge in [0.25, 0.3) is 5.91 Å². The second-order valence-electron chi connectivity index (χ2n) is 3.66. The monoisotopic (exact) mass is 226 g/mol. The Kier molecular flexibility index (Phi) is 4.45. The van der Waals surface area contributed by atoms with E-state index in [-0.39, 0.29) is 11.9 Å². The molecule has 16 heavy (non-hydrogen) atoms. The van der Waals surface area contributed by atoms with Crippen molar-refractivity contribution < 1.29 is 9.53 Å². The Morgan fingerprint density at radius 3 is 2.88 bits per heavy atom. The van der Waals surface area contributed by atoms with Crippen molar-refractivity contribution in [2.45, 2.75) is 13.0 Å². The minimum atomic E-state index is -0.169. The van der Waals surface area contributed by atoms with Crippen molar-refractivity contribution in [3.8, 4) is 0 Å². The van der Waals surface area contributed by atoms with Crippen LogP contribution in [0.1, 0.15) is 16.1 Å². The van der Waals surface area contributed by atoms with Crippen LogP contribution in [0, 0.1) is 6.92 Å². The zero-order valence-corrected chi connectivity index (χ0v) is 9.86. The molecule has 0 bridgehead atoms. The van der Waals surface area contributed by atoms with Crippen molar-refractivity contribution in [1.29, 1.82) is 0 Å². The lowest BCUT2D eigenvalue weighted by Crippen LogP contribution is -2.43. The molecule has 0 aliphatic heterocycles. The Hall–Kier alpha value is -1.40. The van der Waals surface area contributed by atoms with Crippen molar-refractivity contribution in [1.82, 2.24) is 15.1 Å².